The van der Waals surface area contributed by atoms with Gasteiger partial charge in [-0.1, -0.05) is 61.9 Å². The Bertz CT molecular complexity index is 1080. The Labute approximate surface area is 169 Å². The minimum Gasteiger partial charge on any atom is -0.338 e. The monoisotopic (exact) mass is 385 g/mol. The summed E-state index contributed by atoms with van der Waals surface area (Å²) in [6.07, 6.45) is 4.18. The molecule has 0 bridgehead atoms. The molecule has 2 heterocycles. The molecule has 0 aliphatic heterocycles. The number of rotatable bonds is 8. The highest BCUT2D eigenvalue weighted by Crippen LogP contribution is 2.30. The number of tetrazole rings is 1. The van der Waals surface area contributed by atoms with Crippen LogP contribution in [0, 0.1) is 0 Å². The number of aldehydes is 1. The lowest BCUT2D eigenvalue weighted by molar-refractivity contribution is 0.111. The van der Waals surface area contributed by atoms with E-state index in [4.69, 9.17) is 0 Å². The van der Waals surface area contributed by atoms with Crippen LogP contribution in [0.2, 0.25) is 0 Å². The Kier molecular flexibility index (Phi) is 5.61. The Morgan fingerprint density at radius 1 is 1.00 bits per heavy atom. The number of benzene rings is 2. The summed E-state index contributed by atoms with van der Waals surface area (Å²) in [6.45, 7) is 2.87. The molecule has 4 rings (SSSR count). The zero-order valence-electron chi connectivity index (χ0n) is 16.4. The van der Waals surface area contributed by atoms with Crippen molar-refractivity contribution in [3.8, 4) is 22.5 Å². The first kappa shape index (κ1) is 18.8. The van der Waals surface area contributed by atoms with Gasteiger partial charge in [-0.2, -0.15) is 5.21 Å². The van der Waals surface area contributed by atoms with Crippen molar-refractivity contribution in [2.45, 2.75) is 32.7 Å². The van der Waals surface area contributed by atoms with Gasteiger partial charge < -0.3 is 4.57 Å². The van der Waals surface area contributed by atoms with Crippen LogP contribution in [0.3, 0.4) is 0 Å². The van der Waals surface area contributed by atoms with Crippen molar-refractivity contribution in [3.63, 3.8) is 0 Å². The number of carbonyl (C=O) groups excluding carboxylic acids is 1. The van der Waals surface area contributed by atoms with Crippen LogP contribution in [0.15, 0.2) is 60.7 Å². The standard InChI is InChI=1S/C23H23N5O/c1-2-3-6-19-13-14-20(16-29)28(19)15-17-9-11-18(12-10-17)21-7-4-5-8-22(21)23-24-26-27-25-23/h4-5,7-14,16H,2-3,6,15H2,1H3,(H,24,25,26,27). The first-order valence-corrected chi connectivity index (χ1v) is 9.86. The molecule has 2 aromatic heterocycles. The molecule has 0 radical (unpaired) electrons. The van der Waals surface area contributed by atoms with Crippen molar-refractivity contribution in [2.75, 3.05) is 0 Å². The summed E-state index contributed by atoms with van der Waals surface area (Å²) >= 11 is 0. The van der Waals surface area contributed by atoms with E-state index in [0.29, 0.717) is 12.4 Å². The number of nitrogens with one attached hydrogen (secondary N) is 1. The van der Waals surface area contributed by atoms with Gasteiger partial charge in [0.15, 0.2) is 6.29 Å². The quantitative estimate of drug-likeness (QED) is 0.452. The largest absolute Gasteiger partial charge is 0.338 e. The third-order valence-corrected chi connectivity index (χ3v) is 5.13. The van der Waals surface area contributed by atoms with Gasteiger partial charge in [-0.15, -0.1) is 10.2 Å². The molecule has 2 aromatic carbocycles. The lowest BCUT2D eigenvalue weighted by Gasteiger charge is -2.12. The van der Waals surface area contributed by atoms with Crippen LogP contribution in [-0.2, 0) is 13.0 Å². The summed E-state index contributed by atoms with van der Waals surface area (Å²) in [5.41, 5.74) is 6.16. The summed E-state index contributed by atoms with van der Waals surface area (Å²) in [4.78, 5) is 11.5. The number of aromatic nitrogens is 5. The zero-order chi connectivity index (χ0) is 20.1. The molecule has 0 saturated carbocycles. The number of aromatic amines is 1. The molecule has 0 aliphatic carbocycles. The number of aryl methyl sites for hydroxylation is 1. The molecule has 6 heteroatoms. The average molecular weight is 385 g/mol. The fraction of sp³-hybridized carbons (Fsp3) is 0.217. The maximum Gasteiger partial charge on any atom is 0.205 e. The van der Waals surface area contributed by atoms with Crippen LogP contribution in [-0.4, -0.2) is 31.5 Å². The SMILES string of the molecule is CCCCc1ccc(C=O)n1Cc1ccc(-c2ccccc2-c2nn[nH]n2)cc1. The lowest BCUT2D eigenvalue weighted by atomic mass is 9.98. The van der Waals surface area contributed by atoms with Crippen LogP contribution in [0.1, 0.15) is 41.5 Å². The van der Waals surface area contributed by atoms with Gasteiger partial charge in [0.1, 0.15) is 0 Å². The number of unbranched alkanes of at least 4 members (excludes halogenated alkanes) is 1. The highest BCUT2D eigenvalue weighted by molar-refractivity contribution is 5.80. The van der Waals surface area contributed by atoms with E-state index in [2.05, 4.69) is 68.5 Å². The van der Waals surface area contributed by atoms with Gasteiger partial charge in [0.25, 0.3) is 0 Å². The van der Waals surface area contributed by atoms with Crippen molar-refractivity contribution < 1.29 is 4.79 Å². The van der Waals surface area contributed by atoms with Gasteiger partial charge in [-0.25, -0.2) is 0 Å². The molecule has 146 valence electrons. The summed E-state index contributed by atoms with van der Waals surface area (Å²) in [5.74, 6) is 0.577. The smallest absolute Gasteiger partial charge is 0.205 e. The van der Waals surface area contributed by atoms with Gasteiger partial charge in [0.05, 0.1) is 5.69 Å². The van der Waals surface area contributed by atoms with Crippen molar-refractivity contribution in [1.29, 1.82) is 0 Å². The molecule has 0 fully saturated rings. The molecule has 4 aromatic rings. The average Bonchev–Trinajstić information content (AvgIpc) is 3.43. The summed E-state index contributed by atoms with van der Waals surface area (Å²) in [5, 5.41) is 14.4. The van der Waals surface area contributed by atoms with E-state index < -0.39 is 0 Å². The van der Waals surface area contributed by atoms with E-state index >= 15 is 0 Å². The number of nitrogens with zero attached hydrogens (tertiary/aromatic N) is 4. The number of H-pyrrole nitrogens is 1. The molecular formula is C23H23N5O. The Hall–Kier alpha value is -3.54. The van der Waals surface area contributed by atoms with E-state index in [1.165, 1.54) is 5.69 Å². The second-order valence-electron chi connectivity index (χ2n) is 7.04. The second kappa shape index (κ2) is 8.65. The fourth-order valence-corrected chi connectivity index (χ4v) is 3.58. The van der Waals surface area contributed by atoms with Crippen molar-refractivity contribution in [2.24, 2.45) is 0 Å². The van der Waals surface area contributed by atoms with Crippen LogP contribution < -0.4 is 0 Å². The normalized spacial score (nSPS) is 10.9. The van der Waals surface area contributed by atoms with E-state index in [1.54, 1.807) is 0 Å². The van der Waals surface area contributed by atoms with Gasteiger partial charge in [-0.05, 0) is 46.9 Å². The van der Waals surface area contributed by atoms with E-state index in [1.807, 2.05) is 24.3 Å². The molecule has 0 atom stereocenters. The summed E-state index contributed by atoms with van der Waals surface area (Å²) in [6, 6.07) is 20.4. The predicted octanol–water partition coefficient (Wildman–Crippen LogP) is 4.54. The Morgan fingerprint density at radius 3 is 2.48 bits per heavy atom. The summed E-state index contributed by atoms with van der Waals surface area (Å²) in [7, 11) is 0. The van der Waals surface area contributed by atoms with Gasteiger partial charge in [0.2, 0.25) is 5.82 Å². The van der Waals surface area contributed by atoms with Crippen LogP contribution in [0.25, 0.3) is 22.5 Å². The predicted molar refractivity (Wildman–Crippen MR) is 113 cm³/mol. The van der Waals surface area contributed by atoms with Gasteiger partial charge in [0, 0.05) is 17.8 Å². The molecular weight excluding hydrogens is 362 g/mol. The second-order valence-corrected chi connectivity index (χ2v) is 7.04. The highest BCUT2D eigenvalue weighted by Gasteiger charge is 2.11. The summed E-state index contributed by atoms with van der Waals surface area (Å²) < 4.78 is 2.12. The van der Waals surface area contributed by atoms with Crippen molar-refractivity contribution >= 4 is 6.29 Å². The maximum atomic E-state index is 11.5. The zero-order valence-corrected chi connectivity index (χ0v) is 16.4. The van der Waals surface area contributed by atoms with Crippen LogP contribution in [0.5, 0.6) is 0 Å². The van der Waals surface area contributed by atoms with Crippen LogP contribution >= 0.6 is 0 Å². The Morgan fingerprint density at radius 2 is 1.79 bits per heavy atom. The minimum atomic E-state index is 0.577. The molecule has 6 nitrogen and oxygen atoms in total. The molecule has 1 N–H and O–H groups in total. The van der Waals surface area contributed by atoms with Crippen LogP contribution in [0.4, 0.5) is 0 Å². The molecule has 29 heavy (non-hydrogen) atoms. The lowest BCUT2D eigenvalue weighted by Crippen LogP contribution is -2.08. The Balaban J connectivity index is 1.61. The topological polar surface area (TPSA) is 76.5 Å². The van der Waals surface area contributed by atoms with Crippen molar-refractivity contribution in [1.82, 2.24) is 25.2 Å². The third kappa shape index (κ3) is 4.01. The first-order chi connectivity index (χ1) is 14.3. The first-order valence-electron chi connectivity index (χ1n) is 9.86. The fourth-order valence-electron chi connectivity index (χ4n) is 3.58. The third-order valence-electron chi connectivity index (χ3n) is 5.13. The molecule has 0 spiro atoms. The number of hydrogen-bond donors (Lipinski definition) is 1. The van der Waals surface area contributed by atoms with E-state index in [-0.39, 0.29) is 0 Å². The minimum absolute atomic E-state index is 0.577. The molecule has 0 saturated heterocycles. The van der Waals surface area contributed by atoms with E-state index in [0.717, 1.165) is 53.5 Å². The van der Waals surface area contributed by atoms with Crippen molar-refractivity contribution in [3.05, 3.63) is 77.6 Å². The molecule has 0 amide bonds. The number of hydrogen-bond acceptors (Lipinski definition) is 4. The number of carbonyl (C=O) groups is 1. The van der Waals surface area contributed by atoms with Gasteiger partial charge >= 0.3 is 0 Å². The molecule has 0 aliphatic rings. The highest BCUT2D eigenvalue weighted by atomic mass is 16.1. The molecule has 0 unspecified atom stereocenters. The maximum absolute atomic E-state index is 11.5. The van der Waals surface area contributed by atoms with E-state index in [9.17, 15) is 4.79 Å². The van der Waals surface area contributed by atoms with Gasteiger partial charge in [-0.3, -0.25) is 4.79 Å².